The molecule has 0 aliphatic heterocycles. The fourth-order valence-electron chi connectivity index (χ4n) is 1.41. The third kappa shape index (κ3) is 3.90. The summed E-state index contributed by atoms with van der Waals surface area (Å²) in [7, 11) is 1.34. The first-order chi connectivity index (χ1) is 8.45. The molecule has 0 saturated heterocycles. The van der Waals surface area contributed by atoms with E-state index in [-0.39, 0.29) is 5.56 Å². The van der Waals surface area contributed by atoms with Crippen LogP contribution in [0.25, 0.3) is 0 Å². The molecule has 1 rings (SSSR count). The second-order valence-electron chi connectivity index (χ2n) is 3.66. The number of pyridine rings is 1. The van der Waals surface area contributed by atoms with Gasteiger partial charge in [-0.1, -0.05) is 0 Å². The van der Waals surface area contributed by atoms with Crippen LogP contribution in [0.1, 0.15) is 17.3 Å². The summed E-state index contributed by atoms with van der Waals surface area (Å²) >= 11 is 3.21. The van der Waals surface area contributed by atoms with Gasteiger partial charge >= 0.3 is 0 Å². The Balaban J connectivity index is 2.99. The molecule has 1 aromatic rings. The molecule has 0 fully saturated rings. The molecule has 0 aliphatic rings. The lowest BCUT2D eigenvalue weighted by atomic mass is 10.2. The van der Waals surface area contributed by atoms with E-state index in [1.807, 2.05) is 6.92 Å². The summed E-state index contributed by atoms with van der Waals surface area (Å²) in [5.74, 6) is -0.0909. The first-order valence-corrected chi connectivity index (χ1v) is 6.18. The standard InChI is InChI=1S/C11H14BrF2N3O/c1-3-15-10-8(4-7(12)5-16-10)11(18)17(2)6-9(13)14/h4-5,9H,3,6H2,1-2H3,(H,15,16). The average molecular weight is 322 g/mol. The maximum absolute atomic E-state index is 12.3. The van der Waals surface area contributed by atoms with Crippen LogP contribution in [0.15, 0.2) is 16.7 Å². The molecule has 0 aliphatic carbocycles. The molecule has 0 saturated carbocycles. The fraction of sp³-hybridized carbons (Fsp3) is 0.455. The van der Waals surface area contributed by atoms with Gasteiger partial charge in [0.25, 0.3) is 12.3 Å². The minimum atomic E-state index is -2.55. The number of nitrogens with zero attached hydrogens (tertiary/aromatic N) is 2. The van der Waals surface area contributed by atoms with E-state index in [4.69, 9.17) is 0 Å². The quantitative estimate of drug-likeness (QED) is 0.906. The first-order valence-electron chi connectivity index (χ1n) is 5.38. The third-order valence-corrected chi connectivity index (χ3v) is 2.62. The molecule has 1 aromatic heterocycles. The molecular weight excluding hydrogens is 308 g/mol. The summed E-state index contributed by atoms with van der Waals surface area (Å²) in [5, 5.41) is 2.93. The van der Waals surface area contributed by atoms with E-state index in [9.17, 15) is 13.6 Å². The Morgan fingerprint density at radius 3 is 2.83 bits per heavy atom. The number of hydrogen-bond donors (Lipinski definition) is 1. The molecule has 100 valence electrons. The molecule has 0 unspecified atom stereocenters. The van der Waals surface area contributed by atoms with Crippen molar-refractivity contribution >= 4 is 27.7 Å². The van der Waals surface area contributed by atoms with Gasteiger partial charge < -0.3 is 10.2 Å². The van der Waals surface area contributed by atoms with Crippen LogP contribution in [0.2, 0.25) is 0 Å². The Labute approximate surface area is 113 Å². The molecule has 0 aromatic carbocycles. The molecule has 0 radical (unpaired) electrons. The second kappa shape index (κ2) is 6.63. The maximum atomic E-state index is 12.3. The molecule has 18 heavy (non-hydrogen) atoms. The van der Waals surface area contributed by atoms with Crippen molar-refractivity contribution in [1.29, 1.82) is 0 Å². The number of nitrogens with one attached hydrogen (secondary N) is 1. The van der Waals surface area contributed by atoms with Gasteiger partial charge in [-0.25, -0.2) is 13.8 Å². The zero-order chi connectivity index (χ0) is 13.7. The van der Waals surface area contributed by atoms with Crippen molar-refractivity contribution in [3.05, 3.63) is 22.3 Å². The number of amides is 1. The van der Waals surface area contributed by atoms with Crippen LogP contribution in [-0.2, 0) is 0 Å². The van der Waals surface area contributed by atoms with Crippen molar-refractivity contribution in [3.63, 3.8) is 0 Å². The van der Waals surface area contributed by atoms with Gasteiger partial charge in [-0.05, 0) is 28.9 Å². The van der Waals surface area contributed by atoms with Gasteiger partial charge in [0.1, 0.15) is 5.82 Å². The van der Waals surface area contributed by atoms with Gasteiger partial charge in [-0.3, -0.25) is 4.79 Å². The highest BCUT2D eigenvalue weighted by molar-refractivity contribution is 9.10. The first kappa shape index (κ1) is 14.8. The van der Waals surface area contributed by atoms with Gasteiger partial charge in [0.2, 0.25) is 0 Å². The van der Waals surface area contributed by atoms with E-state index in [1.165, 1.54) is 7.05 Å². The van der Waals surface area contributed by atoms with E-state index in [1.54, 1.807) is 12.3 Å². The Bertz CT molecular complexity index is 429. The van der Waals surface area contributed by atoms with Crippen LogP contribution in [0.5, 0.6) is 0 Å². The van der Waals surface area contributed by atoms with Gasteiger partial charge in [0.05, 0.1) is 12.1 Å². The molecule has 1 N–H and O–H groups in total. The highest BCUT2D eigenvalue weighted by atomic mass is 79.9. The normalized spacial score (nSPS) is 10.6. The number of anilines is 1. The summed E-state index contributed by atoms with van der Waals surface area (Å²) in [4.78, 5) is 17.1. The van der Waals surface area contributed by atoms with Crippen molar-refractivity contribution in [2.24, 2.45) is 0 Å². The molecule has 1 amide bonds. The second-order valence-corrected chi connectivity index (χ2v) is 4.57. The molecule has 0 bridgehead atoms. The van der Waals surface area contributed by atoms with Crippen LogP contribution >= 0.6 is 15.9 Å². The van der Waals surface area contributed by atoms with E-state index < -0.39 is 18.9 Å². The fourth-order valence-corrected chi connectivity index (χ4v) is 1.74. The maximum Gasteiger partial charge on any atom is 0.257 e. The third-order valence-electron chi connectivity index (χ3n) is 2.19. The van der Waals surface area contributed by atoms with Crippen LogP contribution in [0.3, 0.4) is 0 Å². The van der Waals surface area contributed by atoms with Crippen LogP contribution in [0.4, 0.5) is 14.6 Å². The van der Waals surface area contributed by atoms with Crippen LogP contribution in [0, 0.1) is 0 Å². The van der Waals surface area contributed by atoms with E-state index in [0.717, 1.165) is 4.90 Å². The number of carbonyl (C=O) groups is 1. The molecule has 1 heterocycles. The molecule has 0 spiro atoms. The zero-order valence-electron chi connectivity index (χ0n) is 10.1. The number of halogens is 3. The predicted molar refractivity (Wildman–Crippen MR) is 69.1 cm³/mol. The number of alkyl halides is 2. The van der Waals surface area contributed by atoms with Crippen molar-refractivity contribution in [3.8, 4) is 0 Å². The Kier molecular flexibility index (Phi) is 5.46. The largest absolute Gasteiger partial charge is 0.370 e. The summed E-state index contributed by atoms with van der Waals surface area (Å²) in [6.07, 6.45) is -1.01. The van der Waals surface area contributed by atoms with E-state index in [0.29, 0.717) is 16.8 Å². The number of carbonyl (C=O) groups excluding carboxylic acids is 1. The van der Waals surface area contributed by atoms with Gasteiger partial charge in [-0.2, -0.15) is 0 Å². The number of hydrogen-bond acceptors (Lipinski definition) is 3. The monoisotopic (exact) mass is 321 g/mol. The number of aromatic nitrogens is 1. The van der Waals surface area contributed by atoms with Crippen molar-refractivity contribution < 1.29 is 13.6 Å². The van der Waals surface area contributed by atoms with Gasteiger partial charge in [-0.15, -0.1) is 0 Å². The molecular formula is C11H14BrF2N3O. The Morgan fingerprint density at radius 1 is 1.61 bits per heavy atom. The lowest BCUT2D eigenvalue weighted by Gasteiger charge is -2.18. The summed E-state index contributed by atoms with van der Waals surface area (Å²) in [6.45, 7) is 1.85. The lowest BCUT2D eigenvalue weighted by Crippen LogP contribution is -2.32. The summed E-state index contributed by atoms with van der Waals surface area (Å²) < 4.78 is 25.1. The predicted octanol–water partition coefficient (Wildman–Crippen LogP) is 2.61. The highest BCUT2D eigenvalue weighted by Gasteiger charge is 2.19. The van der Waals surface area contributed by atoms with Gasteiger partial charge in [0, 0.05) is 24.3 Å². The smallest absolute Gasteiger partial charge is 0.257 e. The van der Waals surface area contributed by atoms with Gasteiger partial charge in [0.15, 0.2) is 0 Å². The van der Waals surface area contributed by atoms with Crippen molar-refractivity contribution in [2.45, 2.75) is 13.3 Å². The van der Waals surface area contributed by atoms with Crippen molar-refractivity contribution in [1.82, 2.24) is 9.88 Å². The Morgan fingerprint density at radius 2 is 2.28 bits per heavy atom. The minimum Gasteiger partial charge on any atom is -0.370 e. The number of rotatable bonds is 5. The molecule has 7 heteroatoms. The topological polar surface area (TPSA) is 45.2 Å². The average Bonchev–Trinajstić information content (AvgIpc) is 2.30. The molecule has 4 nitrogen and oxygen atoms in total. The van der Waals surface area contributed by atoms with E-state index in [2.05, 4.69) is 26.2 Å². The SMILES string of the molecule is CCNc1ncc(Br)cc1C(=O)N(C)CC(F)F. The highest BCUT2D eigenvalue weighted by Crippen LogP contribution is 2.19. The lowest BCUT2D eigenvalue weighted by molar-refractivity contribution is 0.0621. The Hall–Kier alpha value is -1.24. The molecule has 0 atom stereocenters. The minimum absolute atomic E-state index is 0.273. The zero-order valence-corrected chi connectivity index (χ0v) is 11.7. The van der Waals surface area contributed by atoms with E-state index >= 15 is 0 Å². The van der Waals surface area contributed by atoms with Crippen LogP contribution < -0.4 is 5.32 Å². The summed E-state index contributed by atoms with van der Waals surface area (Å²) in [5.41, 5.74) is 0.273. The van der Waals surface area contributed by atoms with Crippen molar-refractivity contribution in [2.75, 3.05) is 25.5 Å². The summed E-state index contributed by atoms with van der Waals surface area (Å²) in [6, 6.07) is 1.56. The van der Waals surface area contributed by atoms with Crippen LogP contribution in [-0.4, -0.2) is 42.4 Å².